The predicted octanol–water partition coefficient (Wildman–Crippen LogP) is -1.04. The molecule has 13 heavy (non-hydrogen) atoms. The highest BCUT2D eigenvalue weighted by molar-refractivity contribution is 6.38. The van der Waals surface area contributed by atoms with E-state index in [4.69, 9.17) is 10.8 Å². The average molecular weight is 181 g/mol. The summed E-state index contributed by atoms with van der Waals surface area (Å²) in [5.74, 6) is -2.21. The number of rotatable bonds is 2. The van der Waals surface area contributed by atoms with Crippen molar-refractivity contribution in [3.63, 3.8) is 0 Å². The van der Waals surface area contributed by atoms with Crippen LogP contribution in [0.4, 0.5) is 0 Å². The Bertz CT molecular complexity index is 341. The number of carboxylic acid groups (broad SMARTS) is 1. The molecule has 0 bridgehead atoms. The fourth-order valence-electron chi connectivity index (χ4n) is 0.702. The summed E-state index contributed by atoms with van der Waals surface area (Å²) in [4.78, 5) is 24.6. The number of carboxylic acids is 1. The number of nitrogens with one attached hydrogen (secondary N) is 1. The predicted molar refractivity (Wildman–Crippen MR) is 44.6 cm³/mol. The standard InChI is InChI=1S/C7H7N3O3/c8-5(11)6-9-3-1-2-4(10-6)7(12)13/h1-3H,(H2,8,11)(H,9,10)(H,12,13). The Hall–Kier alpha value is -2.11. The van der Waals surface area contributed by atoms with E-state index >= 15 is 0 Å². The zero-order chi connectivity index (χ0) is 9.84. The van der Waals surface area contributed by atoms with Crippen molar-refractivity contribution in [3.05, 3.63) is 24.0 Å². The number of carbonyl (C=O) groups is 2. The maximum Gasteiger partial charge on any atom is 0.354 e. The summed E-state index contributed by atoms with van der Waals surface area (Å²) in [6.07, 6.45) is 4.05. The number of allylic oxidation sites excluding steroid dienone is 2. The highest BCUT2D eigenvalue weighted by Gasteiger charge is 2.12. The topological polar surface area (TPSA) is 105 Å². The van der Waals surface area contributed by atoms with Crippen LogP contribution in [0.1, 0.15) is 0 Å². The molecule has 1 aliphatic heterocycles. The Kier molecular flexibility index (Phi) is 2.44. The van der Waals surface area contributed by atoms with Crippen LogP contribution < -0.4 is 11.1 Å². The van der Waals surface area contributed by atoms with Crippen LogP contribution in [0.25, 0.3) is 0 Å². The number of aliphatic carboxylic acids is 1. The molecule has 0 saturated heterocycles. The summed E-state index contributed by atoms with van der Waals surface area (Å²) in [6, 6.07) is 0. The monoisotopic (exact) mass is 181 g/mol. The lowest BCUT2D eigenvalue weighted by Gasteiger charge is -1.98. The van der Waals surface area contributed by atoms with Crippen molar-refractivity contribution in [2.45, 2.75) is 0 Å². The van der Waals surface area contributed by atoms with Gasteiger partial charge in [-0.05, 0) is 12.2 Å². The van der Waals surface area contributed by atoms with Gasteiger partial charge in [0.05, 0.1) is 0 Å². The van der Waals surface area contributed by atoms with E-state index in [-0.39, 0.29) is 11.5 Å². The molecule has 1 rings (SSSR count). The molecule has 0 fully saturated rings. The van der Waals surface area contributed by atoms with Gasteiger partial charge < -0.3 is 16.2 Å². The number of hydrogen-bond acceptors (Lipinski definition) is 4. The second-order valence-corrected chi connectivity index (χ2v) is 2.19. The van der Waals surface area contributed by atoms with Crippen molar-refractivity contribution in [1.29, 1.82) is 0 Å². The number of nitrogens with zero attached hydrogens (tertiary/aromatic N) is 1. The van der Waals surface area contributed by atoms with Crippen molar-refractivity contribution in [2.24, 2.45) is 10.7 Å². The first-order valence-electron chi connectivity index (χ1n) is 3.36. The molecule has 0 aromatic rings. The van der Waals surface area contributed by atoms with E-state index in [0.717, 1.165) is 0 Å². The highest BCUT2D eigenvalue weighted by Crippen LogP contribution is 2.00. The second-order valence-electron chi connectivity index (χ2n) is 2.19. The molecule has 1 aliphatic rings. The Labute approximate surface area is 73.4 Å². The van der Waals surface area contributed by atoms with Gasteiger partial charge in [-0.1, -0.05) is 0 Å². The lowest BCUT2D eigenvalue weighted by Crippen LogP contribution is -2.33. The van der Waals surface area contributed by atoms with E-state index < -0.39 is 11.9 Å². The van der Waals surface area contributed by atoms with Crippen molar-refractivity contribution < 1.29 is 14.7 Å². The molecule has 0 saturated carbocycles. The van der Waals surface area contributed by atoms with Crippen molar-refractivity contribution in [1.82, 2.24) is 5.32 Å². The molecule has 0 unspecified atom stereocenters. The van der Waals surface area contributed by atoms with Crippen LogP contribution in [-0.2, 0) is 9.59 Å². The average Bonchev–Trinajstić information content (AvgIpc) is 2.28. The number of aliphatic imine (C=N–C) groups is 1. The number of amidine groups is 1. The molecule has 0 atom stereocenters. The minimum absolute atomic E-state index is 0.192. The van der Waals surface area contributed by atoms with Crippen LogP contribution in [0.15, 0.2) is 29.0 Å². The second kappa shape index (κ2) is 3.53. The molecule has 0 aliphatic carbocycles. The summed E-state index contributed by atoms with van der Waals surface area (Å²) < 4.78 is 0. The van der Waals surface area contributed by atoms with Crippen LogP contribution in [0.3, 0.4) is 0 Å². The number of carbonyl (C=O) groups excluding carboxylic acids is 1. The van der Waals surface area contributed by atoms with E-state index in [1.807, 2.05) is 0 Å². The maximum absolute atomic E-state index is 10.7. The van der Waals surface area contributed by atoms with Crippen molar-refractivity contribution >= 4 is 17.7 Å². The molecule has 0 aromatic carbocycles. The Morgan fingerprint density at radius 1 is 1.54 bits per heavy atom. The van der Waals surface area contributed by atoms with Gasteiger partial charge in [-0.3, -0.25) is 4.79 Å². The summed E-state index contributed by atoms with van der Waals surface area (Å²) in [7, 11) is 0. The smallest absolute Gasteiger partial charge is 0.354 e. The van der Waals surface area contributed by atoms with Gasteiger partial charge in [0.2, 0.25) is 0 Å². The molecule has 1 amide bonds. The molecule has 0 radical (unpaired) electrons. The number of hydrogen-bond donors (Lipinski definition) is 3. The van der Waals surface area contributed by atoms with E-state index in [0.29, 0.717) is 0 Å². The van der Waals surface area contributed by atoms with Crippen LogP contribution in [0.2, 0.25) is 0 Å². The van der Waals surface area contributed by atoms with E-state index in [1.54, 1.807) is 0 Å². The first-order valence-corrected chi connectivity index (χ1v) is 3.36. The highest BCUT2D eigenvalue weighted by atomic mass is 16.4. The Morgan fingerprint density at radius 2 is 2.23 bits per heavy atom. The van der Waals surface area contributed by atoms with Gasteiger partial charge in [-0.15, -0.1) is 0 Å². The first-order chi connectivity index (χ1) is 6.11. The molecule has 0 aromatic heterocycles. The molecule has 0 spiro atoms. The Balaban J connectivity index is 3.03. The first kappa shape index (κ1) is 8.98. The summed E-state index contributed by atoms with van der Waals surface area (Å²) in [6.45, 7) is 0. The van der Waals surface area contributed by atoms with E-state index in [1.165, 1.54) is 18.4 Å². The summed E-state index contributed by atoms with van der Waals surface area (Å²) >= 11 is 0. The summed E-state index contributed by atoms with van der Waals surface area (Å²) in [5.41, 5.74) is 4.67. The zero-order valence-electron chi connectivity index (χ0n) is 6.52. The van der Waals surface area contributed by atoms with Crippen LogP contribution in [0.5, 0.6) is 0 Å². The summed E-state index contributed by atoms with van der Waals surface area (Å²) in [5, 5.41) is 11.0. The third-order valence-corrected chi connectivity index (χ3v) is 1.26. The minimum Gasteiger partial charge on any atom is -0.477 e. The number of amides is 1. The van der Waals surface area contributed by atoms with Gasteiger partial charge in [-0.25, -0.2) is 9.79 Å². The number of nitrogens with two attached hydrogens (primary N) is 1. The zero-order valence-corrected chi connectivity index (χ0v) is 6.52. The van der Waals surface area contributed by atoms with Crippen molar-refractivity contribution in [3.8, 4) is 0 Å². The largest absolute Gasteiger partial charge is 0.477 e. The lowest BCUT2D eigenvalue weighted by molar-refractivity contribution is -0.132. The number of primary amides is 1. The molecule has 6 nitrogen and oxygen atoms in total. The fraction of sp³-hybridized carbons (Fsp3) is 0. The molecule has 6 heteroatoms. The van der Waals surface area contributed by atoms with E-state index in [2.05, 4.69) is 10.3 Å². The van der Waals surface area contributed by atoms with Crippen molar-refractivity contribution in [2.75, 3.05) is 0 Å². The SMILES string of the molecule is NC(=O)C1=NC(C(=O)O)=CC=CN1. The Morgan fingerprint density at radius 3 is 2.77 bits per heavy atom. The minimum atomic E-state index is -1.22. The van der Waals surface area contributed by atoms with Crippen LogP contribution in [-0.4, -0.2) is 22.8 Å². The quantitative estimate of drug-likeness (QED) is 0.505. The maximum atomic E-state index is 10.7. The normalized spacial score (nSPS) is 15.1. The third kappa shape index (κ3) is 2.16. The lowest BCUT2D eigenvalue weighted by atomic mass is 10.4. The molecule has 1 heterocycles. The van der Waals surface area contributed by atoms with Crippen LogP contribution in [0, 0.1) is 0 Å². The van der Waals surface area contributed by atoms with Gasteiger partial charge in [-0.2, -0.15) is 0 Å². The van der Waals surface area contributed by atoms with Gasteiger partial charge >= 0.3 is 5.97 Å². The molecule has 68 valence electrons. The van der Waals surface area contributed by atoms with Gasteiger partial charge in [0.25, 0.3) is 5.91 Å². The van der Waals surface area contributed by atoms with Gasteiger partial charge in [0, 0.05) is 6.20 Å². The van der Waals surface area contributed by atoms with Gasteiger partial charge in [0.1, 0.15) is 0 Å². The molecule has 4 N–H and O–H groups in total. The fourth-order valence-corrected chi connectivity index (χ4v) is 0.702. The van der Waals surface area contributed by atoms with Crippen LogP contribution >= 0.6 is 0 Å². The van der Waals surface area contributed by atoms with Gasteiger partial charge in [0.15, 0.2) is 11.5 Å². The molecular weight excluding hydrogens is 174 g/mol. The molecular formula is C7H7N3O3. The van der Waals surface area contributed by atoms with E-state index in [9.17, 15) is 9.59 Å². The third-order valence-electron chi connectivity index (χ3n) is 1.26.